The summed E-state index contributed by atoms with van der Waals surface area (Å²) in [4.78, 5) is 105. The van der Waals surface area contributed by atoms with Crippen LogP contribution in [-0.4, -0.2) is 92.6 Å². The summed E-state index contributed by atoms with van der Waals surface area (Å²) in [5.74, 6) is -11.9. The second-order valence-corrected chi connectivity index (χ2v) is 38.2. The summed E-state index contributed by atoms with van der Waals surface area (Å²) in [6.45, 7) is 0. The van der Waals surface area contributed by atoms with Gasteiger partial charge in [0.25, 0.3) is 0 Å². The Labute approximate surface area is 796 Å². The zero-order chi connectivity index (χ0) is 94.0. The van der Waals surface area contributed by atoms with E-state index in [1.165, 1.54) is 22.3 Å². The fraction of sp³-hybridized carbons (Fsp3) is 0.333. The molecule has 8 saturated carbocycles. The molecule has 0 bridgehead atoms. The van der Waals surface area contributed by atoms with Crippen LogP contribution in [0.2, 0.25) is 0 Å². The molecule has 0 spiro atoms. The van der Waals surface area contributed by atoms with E-state index < -0.39 is 119 Å². The zero-order valence-corrected chi connectivity index (χ0v) is 76.5. The highest BCUT2D eigenvalue weighted by molar-refractivity contribution is 5.88. The van der Waals surface area contributed by atoms with Crippen LogP contribution in [0.3, 0.4) is 0 Å². The molecule has 0 aromatic heterocycles. The minimum absolute atomic E-state index is 0.180. The van der Waals surface area contributed by atoms with E-state index in [1.807, 2.05) is 315 Å². The van der Waals surface area contributed by atoms with Gasteiger partial charge in [0.1, 0.15) is 24.4 Å². The molecule has 16 heteroatoms. The fourth-order valence-electron chi connectivity index (χ4n) is 24.3. The highest BCUT2D eigenvalue weighted by Crippen LogP contribution is 2.63. The molecule has 0 saturated heterocycles. The van der Waals surface area contributed by atoms with Crippen molar-refractivity contribution >= 4 is 47.8 Å². The first kappa shape index (κ1) is 94.2. The number of carboxylic acids is 4. The summed E-state index contributed by atoms with van der Waals surface area (Å²) >= 11 is 0. The molecule has 8 aliphatic carbocycles. The lowest BCUT2D eigenvalue weighted by atomic mass is 9.52. The highest BCUT2D eigenvalue weighted by atomic mass is 16.6. The summed E-state index contributed by atoms with van der Waals surface area (Å²) in [7, 11) is 0. The highest BCUT2D eigenvalue weighted by Gasteiger charge is 2.64. The van der Waals surface area contributed by atoms with Crippen LogP contribution in [0.5, 0.6) is 0 Å². The molecule has 12 aromatic carbocycles. The number of benzene rings is 12. The Morgan fingerprint density at radius 1 is 0.162 bits per heavy atom. The molecule has 0 radical (unpaired) electrons. The third kappa shape index (κ3) is 20.9. The molecule has 8 aliphatic rings. The first-order chi connectivity index (χ1) is 66.6. The molecule has 696 valence electrons. The van der Waals surface area contributed by atoms with Gasteiger partial charge in [0, 0.05) is 71.0 Å². The van der Waals surface area contributed by atoms with E-state index in [9.17, 15) is 58.8 Å². The van der Waals surface area contributed by atoms with E-state index in [2.05, 4.69) is 48.5 Å². The normalized spacial score (nSPS) is 28.5. The molecular formula is C120H120O16. The number of ether oxygens (including phenoxy) is 4. The van der Waals surface area contributed by atoms with Crippen LogP contribution < -0.4 is 0 Å². The van der Waals surface area contributed by atoms with Gasteiger partial charge in [-0.05, 0) is 144 Å². The number of carbonyl (C=O) groups is 8. The Hall–Kier alpha value is -13.6. The van der Waals surface area contributed by atoms with E-state index in [0.29, 0.717) is 0 Å². The van der Waals surface area contributed by atoms with Crippen molar-refractivity contribution in [1.29, 1.82) is 0 Å². The second kappa shape index (κ2) is 44.7. The van der Waals surface area contributed by atoms with Crippen LogP contribution >= 0.6 is 0 Å². The maximum Gasteiger partial charge on any atom is 0.310 e. The summed E-state index contributed by atoms with van der Waals surface area (Å²) in [6, 6.07) is 118. The van der Waals surface area contributed by atoms with Crippen LogP contribution in [0.4, 0.5) is 0 Å². The van der Waals surface area contributed by atoms with Crippen molar-refractivity contribution in [1.82, 2.24) is 0 Å². The Bertz CT molecular complexity index is 4990. The minimum atomic E-state index is -0.869. The smallest absolute Gasteiger partial charge is 0.310 e. The van der Waals surface area contributed by atoms with Gasteiger partial charge in [0.2, 0.25) is 0 Å². The van der Waals surface area contributed by atoms with E-state index in [0.717, 1.165) is 147 Å². The lowest BCUT2D eigenvalue weighted by molar-refractivity contribution is -0.171. The molecule has 0 aliphatic heterocycles. The van der Waals surface area contributed by atoms with Gasteiger partial charge in [0.15, 0.2) is 0 Å². The Kier molecular flexibility index (Phi) is 31.0. The monoisotopic (exact) mass is 1820 g/mol. The molecule has 20 rings (SSSR count). The van der Waals surface area contributed by atoms with Gasteiger partial charge in [-0.2, -0.15) is 0 Å². The maximum absolute atomic E-state index is 13.8. The predicted molar refractivity (Wildman–Crippen MR) is 522 cm³/mol. The van der Waals surface area contributed by atoms with Crippen LogP contribution in [0.25, 0.3) is 0 Å². The molecule has 136 heavy (non-hydrogen) atoms. The number of esters is 4. The Balaban J connectivity index is 0.000000126. The molecule has 16 atom stereocenters. The van der Waals surface area contributed by atoms with E-state index >= 15 is 0 Å². The average molecular weight is 1820 g/mol. The number of hydrogen-bond donors (Lipinski definition) is 4. The topological polar surface area (TPSA) is 254 Å². The van der Waals surface area contributed by atoms with Crippen molar-refractivity contribution in [2.24, 2.45) is 47.3 Å². The first-order valence-corrected chi connectivity index (χ1v) is 48.9. The molecule has 4 N–H and O–H groups in total. The van der Waals surface area contributed by atoms with Crippen molar-refractivity contribution < 1.29 is 77.7 Å². The SMILES string of the molecule is O=C(O)C1[C@@H](c2ccccc2)C(C(=O)OC2CCCC[C@@H]2c2ccccc2)[C@@H]1c1ccccc1.O=C(O)C1[C@@H](c2ccccc2)C(C(=O)O[C@H]2CCCCC2c2ccccc2)[C@@H]1c1ccccc1.O=C(O)C1[C@H](c2ccccc2)C(C(=O)OC2CCCC[C@H]2c2ccccc2)[C@H]1c1ccccc1.O=C(O)C1[C@H](c2ccccc2)C(C(=O)O[C@H]2CCCCC2c2ccccc2)[C@H]1c1ccccc1. The van der Waals surface area contributed by atoms with E-state index in [-0.39, 0.29) is 72.0 Å². The van der Waals surface area contributed by atoms with Crippen LogP contribution in [-0.2, 0) is 57.3 Å². The summed E-state index contributed by atoms with van der Waals surface area (Å²) in [5, 5.41) is 40.6. The molecular weight excluding hydrogens is 1700 g/mol. The lowest BCUT2D eigenvalue weighted by Crippen LogP contribution is -2.52. The second-order valence-electron chi connectivity index (χ2n) is 38.2. The summed E-state index contributed by atoms with van der Waals surface area (Å²) < 4.78 is 25.0. The van der Waals surface area contributed by atoms with Gasteiger partial charge in [0.05, 0.1) is 47.3 Å². The number of carbonyl (C=O) groups excluding carboxylic acids is 4. The third-order valence-corrected chi connectivity index (χ3v) is 30.7. The first-order valence-electron chi connectivity index (χ1n) is 48.9. The van der Waals surface area contributed by atoms with Crippen molar-refractivity contribution in [3.05, 3.63) is 431 Å². The largest absolute Gasteiger partial charge is 0.481 e. The van der Waals surface area contributed by atoms with Gasteiger partial charge >= 0.3 is 47.8 Å². The van der Waals surface area contributed by atoms with E-state index in [4.69, 9.17) is 18.9 Å². The number of aliphatic carboxylic acids is 4. The zero-order valence-electron chi connectivity index (χ0n) is 76.5. The molecule has 0 heterocycles. The molecule has 4 unspecified atom stereocenters. The van der Waals surface area contributed by atoms with Gasteiger partial charge < -0.3 is 39.4 Å². The van der Waals surface area contributed by atoms with Crippen molar-refractivity contribution in [3.8, 4) is 0 Å². The van der Waals surface area contributed by atoms with Crippen molar-refractivity contribution in [2.75, 3.05) is 0 Å². The Morgan fingerprint density at radius 2 is 0.279 bits per heavy atom. The molecule has 0 amide bonds. The van der Waals surface area contributed by atoms with Crippen LogP contribution in [0.15, 0.2) is 364 Å². The Morgan fingerprint density at radius 3 is 0.404 bits per heavy atom. The molecule has 16 nitrogen and oxygen atoms in total. The standard InChI is InChI=1S/4C30H30O4/c4*31-29(32)27-25(21-14-6-2-7-15-21)28(26(27)22-16-8-3-9-17-22)30(33)34-24-19-11-10-18-23(24)20-12-4-1-5-13-20/h4*1-9,12-17,23-28H,10-11,18-19H2,(H,31,32)/t23?,24-,25+,26+,27?,28?;23?,24-,25-,26-,27?,28?;2*23-,24?,25-,26-,27?,28?/m0010/s1. The van der Waals surface area contributed by atoms with Crippen molar-refractivity contribution in [3.63, 3.8) is 0 Å². The number of hydrogen-bond acceptors (Lipinski definition) is 12. The number of rotatable bonds is 24. The lowest BCUT2D eigenvalue weighted by Gasteiger charge is -2.49. The third-order valence-electron chi connectivity index (χ3n) is 30.7. The summed E-state index contributed by atoms with van der Waals surface area (Å²) in [6.07, 6.45) is 15.2. The molecule has 8 fully saturated rings. The quantitative estimate of drug-likeness (QED) is 0.0324. The van der Waals surface area contributed by atoms with Gasteiger partial charge in [-0.1, -0.05) is 390 Å². The minimum Gasteiger partial charge on any atom is -0.481 e. The van der Waals surface area contributed by atoms with Crippen LogP contribution in [0.1, 0.15) is 241 Å². The van der Waals surface area contributed by atoms with Crippen molar-refractivity contribution in [2.45, 2.75) is 198 Å². The maximum atomic E-state index is 13.8. The fourth-order valence-corrected chi connectivity index (χ4v) is 24.3. The molecule has 12 aromatic rings. The summed E-state index contributed by atoms with van der Waals surface area (Å²) in [5.41, 5.74) is 11.9. The predicted octanol–water partition coefficient (Wildman–Crippen LogP) is 24.6. The number of carboxylic acid groups (broad SMARTS) is 4. The van der Waals surface area contributed by atoms with Gasteiger partial charge in [-0.15, -0.1) is 0 Å². The van der Waals surface area contributed by atoms with Crippen LogP contribution in [0, 0.1) is 47.3 Å². The van der Waals surface area contributed by atoms with E-state index in [1.54, 1.807) is 0 Å². The van der Waals surface area contributed by atoms with Gasteiger partial charge in [-0.3, -0.25) is 38.4 Å². The van der Waals surface area contributed by atoms with Gasteiger partial charge in [-0.25, -0.2) is 0 Å². The average Bonchev–Trinajstić information content (AvgIpc) is 0.735.